The number of aliphatic hydroxyl groups is 5. The molecule has 1 atom stereocenters. The average Bonchev–Trinajstić information content (AvgIpc) is 2.60. The number of nitrogens with zero attached hydrogens (tertiary/aromatic N) is 1. The molecule has 0 aliphatic rings. The van der Waals surface area contributed by atoms with Gasteiger partial charge in [-0.25, -0.2) is 0 Å². The van der Waals surface area contributed by atoms with Crippen LogP contribution in [0.3, 0.4) is 0 Å². The van der Waals surface area contributed by atoms with Crippen LogP contribution >= 0.6 is 0 Å². The molecule has 9 heteroatoms. The first-order valence-electron chi connectivity index (χ1n) is 9.10. The predicted octanol–water partition coefficient (Wildman–Crippen LogP) is -3.33. The molecule has 0 amide bonds. The fourth-order valence-electron chi connectivity index (χ4n) is 3.45. The molecule has 9 nitrogen and oxygen atoms in total. The van der Waals surface area contributed by atoms with Crippen molar-refractivity contribution >= 4 is 0 Å². The van der Waals surface area contributed by atoms with Crippen molar-refractivity contribution in [3.05, 3.63) is 0 Å². The van der Waals surface area contributed by atoms with Gasteiger partial charge in [0.05, 0.1) is 13.2 Å². The Balaban J connectivity index is 5.33. The van der Waals surface area contributed by atoms with Gasteiger partial charge in [0.1, 0.15) is 0 Å². The molecule has 1 unspecified atom stereocenters. The van der Waals surface area contributed by atoms with Crippen molar-refractivity contribution in [3.63, 3.8) is 0 Å². The molecule has 0 aromatic rings. The first kappa shape index (κ1) is 24.6. The van der Waals surface area contributed by atoms with Gasteiger partial charge in [0.25, 0.3) is 0 Å². The maximum atomic E-state index is 9.62. The molecule has 0 heterocycles. The number of nitrogens with two attached hydrogens (primary N) is 1. The molecular formula is C16H38N4O5. The number of hydrogen-bond acceptors (Lipinski definition) is 9. The summed E-state index contributed by atoms with van der Waals surface area (Å²) < 4.78 is 0. The highest BCUT2D eigenvalue weighted by Gasteiger charge is 2.42. The minimum atomic E-state index is -0.675. The van der Waals surface area contributed by atoms with Gasteiger partial charge in [-0.05, 0) is 19.3 Å². The Morgan fingerprint density at radius 1 is 0.800 bits per heavy atom. The molecule has 0 aromatic heterocycles. The predicted molar refractivity (Wildman–Crippen MR) is 97.3 cm³/mol. The van der Waals surface area contributed by atoms with Crippen molar-refractivity contribution < 1.29 is 25.5 Å². The second-order valence-corrected chi connectivity index (χ2v) is 6.04. The van der Waals surface area contributed by atoms with Crippen molar-refractivity contribution in [2.75, 3.05) is 72.3 Å². The van der Waals surface area contributed by atoms with Gasteiger partial charge in [0, 0.05) is 70.7 Å². The largest absolute Gasteiger partial charge is 0.396 e. The van der Waals surface area contributed by atoms with Gasteiger partial charge in [-0.1, -0.05) is 0 Å². The van der Waals surface area contributed by atoms with Crippen LogP contribution in [-0.2, 0) is 0 Å². The van der Waals surface area contributed by atoms with Crippen molar-refractivity contribution in [3.8, 4) is 0 Å². The fraction of sp³-hybridized carbons (Fsp3) is 1.00. The molecule has 0 spiro atoms. The van der Waals surface area contributed by atoms with E-state index in [-0.39, 0.29) is 39.1 Å². The Bertz CT molecular complexity index is 288. The van der Waals surface area contributed by atoms with Crippen LogP contribution in [0, 0.1) is 0 Å². The third kappa shape index (κ3) is 8.72. The van der Waals surface area contributed by atoms with E-state index in [1.54, 1.807) is 0 Å². The monoisotopic (exact) mass is 366 g/mol. The second kappa shape index (κ2) is 15.9. The lowest BCUT2D eigenvalue weighted by molar-refractivity contribution is -0.0167. The molecule has 152 valence electrons. The van der Waals surface area contributed by atoms with Crippen LogP contribution in [0.2, 0.25) is 0 Å². The highest BCUT2D eigenvalue weighted by atomic mass is 16.3. The molecule has 0 fully saturated rings. The molecule has 0 aliphatic carbocycles. The summed E-state index contributed by atoms with van der Waals surface area (Å²) in [6.45, 7) is 2.81. The SMILES string of the molecule is NCCNCCNC(CCO)C(CCO)(CCO)N(CCO)CCO. The summed E-state index contributed by atoms with van der Waals surface area (Å²) >= 11 is 0. The Morgan fingerprint density at radius 3 is 1.84 bits per heavy atom. The molecule has 0 radical (unpaired) electrons. The third-order valence-corrected chi connectivity index (χ3v) is 4.54. The van der Waals surface area contributed by atoms with Crippen LogP contribution in [-0.4, -0.2) is 114 Å². The zero-order valence-electron chi connectivity index (χ0n) is 15.2. The first-order valence-corrected chi connectivity index (χ1v) is 9.10. The van der Waals surface area contributed by atoms with Gasteiger partial charge in [0.15, 0.2) is 0 Å². The third-order valence-electron chi connectivity index (χ3n) is 4.54. The highest BCUT2D eigenvalue weighted by molar-refractivity contribution is 5.00. The molecular weight excluding hydrogens is 328 g/mol. The summed E-state index contributed by atoms with van der Waals surface area (Å²) in [5, 5.41) is 54.1. The summed E-state index contributed by atoms with van der Waals surface area (Å²) in [4.78, 5) is 1.90. The van der Waals surface area contributed by atoms with Gasteiger partial charge in [-0.3, -0.25) is 4.90 Å². The first-order chi connectivity index (χ1) is 12.2. The van der Waals surface area contributed by atoms with Crippen molar-refractivity contribution in [1.29, 1.82) is 0 Å². The number of hydrogen-bond donors (Lipinski definition) is 8. The van der Waals surface area contributed by atoms with Crippen LogP contribution in [0.5, 0.6) is 0 Å². The van der Waals surface area contributed by atoms with E-state index in [9.17, 15) is 25.5 Å². The minimum Gasteiger partial charge on any atom is -0.396 e. The van der Waals surface area contributed by atoms with Gasteiger partial charge >= 0.3 is 0 Å². The van der Waals surface area contributed by atoms with E-state index >= 15 is 0 Å². The van der Waals surface area contributed by atoms with Crippen LogP contribution < -0.4 is 16.4 Å². The smallest absolute Gasteiger partial charge is 0.0558 e. The van der Waals surface area contributed by atoms with Gasteiger partial charge in [-0.15, -0.1) is 0 Å². The van der Waals surface area contributed by atoms with Gasteiger partial charge in [-0.2, -0.15) is 0 Å². The van der Waals surface area contributed by atoms with Crippen LogP contribution in [0.1, 0.15) is 19.3 Å². The Hall–Kier alpha value is -0.360. The Labute approximate surface area is 150 Å². The zero-order valence-corrected chi connectivity index (χ0v) is 15.2. The number of nitrogens with one attached hydrogen (secondary N) is 2. The summed E-state index contributed by atoms with van der Waals surface area (Å²) in [7, 11) is 0. The number of rotatable bonds is 18. The number of β-amino-alcohol motifs (C(OH)–C–C–N with tert-alkyl or cyclic N) is 2. The van der Waals surface area contributed by atoms with Crippen molar-refractivity contribution in [2.24, 2.45) is 5.73 Å². The normalized spacial score (nSPS) is 13.6. The van der Waals surface area contributed by atoms with E-state index in [2.05, 4.69) is 10.6 Å². The van der Waals surface area contributed by atoms with E-state index in [1.807, 2.05) is 4.90 Å². The summed E-state index contributed by atoms with van der Waals surface area (Å²) in [6, 6.07) is -0.213. The molecule has 0 bridgehead atoms. The number of aliphatic hydroxyl groups excluding tert-OH is 5. The average molecular weight is 367 g/mol. The topological polar surface area (TPSA) is 154 Å². The van der Waals surface area contributed by atoms with Crippen LogP contribution in [0.25, 0.3) is 0 Å². The molecule has 0 saturated heterocycles. The maximum Gasteiger partial charge on any atom is 0.0558 e. The summed E-state index contributed by atoms with van der Waals surface area (Å²) in [5.74, 6) is 0. The lowest BCUT2D eigenvalue weighted by Gasteiger charge is -2.49. The van der Waals surface area contributed by atoms with Crippen molar-refractivity contribution in [2.45, 2.75) is 30.8 Å². The van der Waals surface area contributed by atoms with Gasteiger partial charge in [0.2, 0.25) is 0 Å². The van der Waals surface area contributed by atoms with E-state index in [4.69, 9.17) is 5.73 Å². The van der Waals surface area contributed by atoms with E-state index in [1.165, 1.54) is 0 Å². The second-order valence-electron chi connectivity index (χ2n) is 6.04. The lowest BCUT2D eigenvalue weighted by atomic mass is 9.80. The zero-order chi connectivity index (χ0) is 19.0. The van der Waals surface area contributed by atoms with Crippen molar-refractivity contribution in [1.82, 2.24) is 15.5 Å². The fourth-order valence-corrected chi connectivity index (χ4v) is 3.45. The molecule has 25 heavy (non-hydrogen) atoms. The van der Waals surface area contributed by atoms with E-state index in [0.29, 0.717) is 58.5 Å². The maximum absolute atomic E-state index is 9.62. The minimum absolute atomic E-state index is 0.0431. The lowest BCUT2D eigenvalue weighted by Crippen LogP contribution is -2.64. The molecule has 0 aliphatic heterocycles. The Morgan fingerprint density at radius 2 is 1.40 bits per heavy atom. The molecule has 0 aromatic carbocycles. The van der Waals surface area contributed by atoms with E-state index < -0.39 is 5.54 Å². The van der Waals surface area contributed by atoms with Crippen LogP contribution in [0.15, 0.2) is 0 Å². The molecule has 9 N–H and O–H groups in total. The highest BCUT2D eigenvalue weighted by Crippen LogP contribution is 2.30. The quantitative estimate of drug-likeness (QED) is 0.116. The van der Waals surface area contributed by atoms with E-state index in [0.717, 1.165) is 0 Å². The molecule has 0 rings (SSSR count). The standard InChI is InChI=1S/C16H38N4O5/c17-4-5-18-6-7-19-15(1-10-21)16(2-11-22,3-12-23)20(8-13-24)9-14-25/h15,18-19,21-25H,1-14,17H2. The summed E-state index contributed by atoms with van der Waals surface area (Å²) in [5.41, 5.74) is 4.77. The summed E-state index contributed by atoms with van der Waals surface area (Å²) in [6.07, 6.45) is 1.16. The van der Waals surface area contributed by atoms with Crippen LogP contribution in [0.4, 0.5) is 0 Å². The Kier molecular flexibility index (Phi) is 15.6. The molecule has 0 saturated carbocycles. The van der Waals surface area contributed by atoms with Gasteiger partial charge < -0.3 is 41.9 Å².